The summed E-state index contributed by atoms with van der Waals surface area (Å²) in [7, 11) is -2.08. The van der Waals surface area contributed by atoms with Crippen LogP contribution in [0.5, 0.6) is 0 Å². The van der Waals surface area contributed by atoms with E-state index in [0.717, 1.165) is 18.9 Å². The van der Waals surface area contributed by atoms with Crippen LogP contribution in [0.4, 0.5) is 0 Å². The number of halogens is 2. The standard InChI is InChI=1S/C9H20BrClO2Si/c1-5-7-8-14(4,12-6-2)13-9(3,10)11/h5-8H2,1-4H3. The van der Waals surface area contributed by atoms with Crippen molar-refractivity contribution in [1.29, 1.82) is 0 Å². The molecule has 0 radical (unpaired) electrons. The number of alkyl halides is 2. The Morgan fingerprint density at radius 1 is 1.43 bits per heavy atom. The van der Waals surface area contributed by atoms with E-state index in [1.165, 1.54) is 0 Å². The van der Waals surface area contributed by atoms with Crippen molar-refractivity contribution < 1.29 is 8.85 Å². The van der Waals surface area contributed by atoms with Crippen LogP contribution in [0.25, 0.3) is 0 Å². The van der Waals surface area contributed by atoms with Gasteiger partial charge in [-0.25, -0.2) is 0 Å². The topological polar surface area (TPSA) is 18.5 Å². The van der Waals surface area contributed by atoms with Crippen molar-refractivity contribution in [3.63, 3.8) is 0 Å². The minimum Gasteiger partial charge on any atom is -0.395 e. The molecule has 0 heterocycles. The molecule has 0 fully saturated rings. The molecule has 0 spiro atoms. The van der Waals surface area contributed by atoms with Crippen molar-refractivity contribution in [2.75, 3.05) is 6.61 Å². The summed E-state index contributed by atoms with van der Waals surface area (Å²) in [6, 6.07) is 0.991. The Morgan fingerprint density at radius 3 is 2.36 bits per heavy atom. The molecule has 0 bridgehead atoms. The van der Waals surface area contributed by atoms with Crippen LogP contribution < -0.4 is 0 Å². The second kappa shape index (κ2) is 6.48. The van der Waals surface area contributed by atoms with Gasteiger partial charge >= 0.3 is 8.56 Å². The average molecular weight is 304 g/mol. The first-order valence-electron chi connectivity index (χ1n) is 5.05. The maximum Gasteiger partial charge on any atom is 0.336 e. The average Bonchev–Trinajstić information content (AvgIpc) is 1.98. The molecule has 2 atom stereocenters. The summed E-state index contributed by atoms with van der Waals surface area (Å²) in [6.07, 6.45) is 2.28. The van der Waals surface area contributed by atoms with Gasteiger partial charge in [-0.3, -0.25) is 0 Å². The molecule has 2 nitrogen and oxygen atoms in total. The van der Waals surface area contributed by atoms with Gasteiger partial charge in [0.05, 0.1) is 0 Å². The number of rotatable bonds is 7. The van der Waals surface area contributed by atoms with E-state index in [0.29, 0.717) is 6.61 Å². The van der Waals surface area contributed by atoms with E-state index >= 15 is 0 Å². The van der Waals surface area contributed by atoms with Gasteiger partial charge in [-0.05, 0) is 42.4 Å². The highest BCUT2D eigenvalue weighted by Gasteiger charge is 2.36. The summed E-state index contributed by atoms with van der Waals surface area (Å²) in [5.41, 5.74) is 0. The van der Waals surface area contributed by atoms with E-state index < -0.39 is 12.5 Å². The minimum absolute atomic E-state index is 0.687. The number of unbranched alkanes of at least 4 members (excludes halogenated alkanes) is 1. The zero-order valence-corrected chi connectivity index (χ0v) is 12.7. The largest absolute Gasteiger partial charge is 0.395 e. The van der Waals surface area contributed by atoms with E-state index in [4.69, 9.17) is 20.5 Å². The molecule has 0 saturated carbocycles. The van der Waals surface area contributed by atoms with Gasteiger partial charge in [0, 0.05) is 6.61 Å². The van der Waals surface area contributed by atoms with E-state index in [1.54, 1.807) is 6.92 Å². The van der Waals surface area contributed by atoms with Crippen LogP contribution in [-0.2, 0) is 8.85 Å². The van der Waals surface area contributed by atoms with Crippen molar-refractivity contribution in [1.82, 2.24) is 0 Å². The highest BCUT2D eigenvalue weighted by Crippen LogP contribution is 2.31. The lowest BCUT2D eigenvalue weighted by molar-refractivity contribution is 0.158. The summed E-state index contributed by atoms with van der Waals surface area (Å²) in [5, 5.41) is 0. The molecule has 86 valence electrons. The zero-order valence-electron chi connectivity index (χ0n) is 9.40. The molecule has 0 N–H and O–H groups in total. The van der Waals surface area contributed by atoms with E-state index in [9.17, 15) is 0 Å². The van der Waals surface area contributed by atoms with E-state index in [1.807, 2.05) is 6.92 Å². The smallest absolute Gasteiger partial charge is 0.336 e. The lowest BCUT2D eigenvalue weighted by Gasteiger charge is -2.31. The summed E-state index contributed by atoms with van der Waals surface area (Å²) in [6.45, 7) is 8.68. The Bertz CT molecular complexity index is 163. The Kier molecular flexibility index (Phi) is 6.90. The quantitative estimate of drug-likeness (QED) is 0.518. The monoisotopic (exact) mass is 302 g/mol. The van der Waals surface area contributed by atoms with Gasteiger partial charge in [-0.1, -0.05) is 31.4 Å². The van der Waals surface area contributed by atoms with Gasteiger partial charge < -0.3 is 8.85 Å². The van der Waals surface area contributed by atoms with Crippen LogP contribution in [-0.4, -0.2) is 19.1 Å². The molecule has 0 aromatic rings. The van der Waals surface area contributed by atoms with Gasteiger partial charge in [0.2, 0.25) is 0 Å². The molecule has 5 heteroatoms. The van der Waals surface area contributed by atoms with Gasteiger partial charge in [0.15, 0.2) is 3.97 Å². The van der Waals surface area contributed by atoms with Crippen molar-refractivity contribution in [3.05, 3.63) is 0 Å². The van der Waals surface area contributed by atoms with Crippen LogP contribution in [0.2, 0.25) is 12.6 Å². The van der Waals surface area contributed by atoms with Crippen LogP contribution in [0.3, 0.4) is 0 Å². The first-order valence-corrected chi connectivity index (χ1v) is 8.74. The lowest BCUT2D eigenvalue weighted by atomic mass is 10.4. The molecule has 0 saturated heterocycles. The second-order valence-corrected chi connectivity index (χ2v) is 9.53. The normalized spacial score (nSPS) is 20.1. The van der Waals surface area contributed by atoms with Gasteiger partial charge in [-0.15, -0.1) is 0 Å². The van der Waals surface area contributed by atoms with Crippen molar-refractivity contribution >= 4 is 36.1 Å². The predicted molar refractivity (Wildman–Crippen MR) is 67.2 cm³/mol. The summed E-state index contributed by atoms with van der Waals surface area (Å²) >= 11 is 9.26. The first kappa shape index (κ1) is 14.9. The van der Waals surface area contributed by atoms with Crippen LogP contribution in [0.15, 0.2) is 0 Å². The Morgan fingerprint density at radius 2 is 2.00 bits per heavy atom. The summed E-state index contributed by atoms with van der Waals surface area (Å²) in [4.78, 5) is 0. The highest BCUT2D eigenvalue weighted by molar-refractivity contribution is 9.10. The third kappa shape index (κ3) is 7.23. The molecule has 0 aromatic heterocycles. The highest BCUT2D eigenvalue weighted by atomic mass is 79.9. The van der Waals surface area contributed by atoms with E-state index in [2.05, 4.69) is 29.4 Å². The molecular formula is C9H20BrClO2Si. The predicted octanol–water partition coefficient (Wildman–Crippen LogP) is 4.22. The summed E-state index contributed by atoms with van der Waals surface area (Å²) < 4.78 is 10.7. The molecular weight excluding hydrogens is 284 g/mol. The third-order valence-electron chi connectivity index (χ3n) is 1.83. The zero-order chi connectivity index (χ0) is 11.2. The minimum atomic E-state index is -2.08. The fourth-order valence-corrected chi connectivity index (χ4v) is 5.52. The number of hydrogen-bond donors (Lipinski definition) is 0. The molecule has 0 amide bonds. The lowest BCUT2D eigenvalue weighted by Crippen LogP contribution is -2.42. The van der Waals surface area contributed by atoms with Crippen LogP contribution >= 0.6 is 27.5 Å². The van der Waals surface area contributed by atoms with Crippen molar-refractivity contribution in [3.8, 4) is 0 Å². The SMILES string of the molecule is CCCC[Si](C)(OCC)OC(C)(Cl)Br. The molecule has 0 aliphatic heterocycles. The van der Waals surface area contributed by atoms with Crippen LogP contribution in [0, 0.1) is 0 Å². The Balaban J connectivity index is 4.23. The maximum absolute atomic E-state index is 5.98. The second-order valence-electron chi connectivity index (χ2n) is 3.58. The molecule has 0 aliphatic rings. The van der Waals surface area contributed by atoms with E-state index in [-0.39, 0.29) is 0 Å². The summed E-state index contributed by atoms with van der Waals surface area (Å²) in [5.74, 6) is 0. The third-order valence-corrected chi connectivity index (χ3v) is 5.50. The van der Waals surface area contributed by atoms with Crippen LogP contribution in [0.1, 0.15) is 33.6 Å². The van der Waals surface area contributed by atoms with Crippen molar-refractivity contribution in [2.45, 2.75) is 50.2 Å². The van der Waals surface area contributed by atoms with Gasteiger partial charge in [0.1, 0.15) is 0 Å². The Labute approximate surface area is 102 Å². The van der Waals surface area contributed by atoms with Gasteiger partial charge in [0.25, 0.3) is 0 Å². The van der Waals surface area contributed by atoms with Crippen molar-refractivity contribution in [2.24, 2.45) is 0 Å². The Hall–Kier alpha value is 0.907. The fourth-order valence-electron chi connectivity index (χ4n) is 1.33. The molecule has 0 aliphatic carbocycles. The molecule has 0 rings (SSSR count). The molecule has 2 unspecified atom stereocenters. The fraction of sp³-hybridized carbons (Fsp3) is 1.00. The van der Waals surface area contributed by atoms with Gasteiger partial charge in [-0.2, -0.15) is 0 Å². The maximum atomic E-state index is 5.98. The molecule has 0 aromatic carbocycles. The molecule has 14 heavy (non-hydrogen) atoms. The first-order chi connectivity index (χ1) is 6.33. The number of hydrogen-bond acceptors (Lipinski definition) is 2.